The summed E-state index contributed by atoms with van der Waals surface area (Å²) in [5.74, 6) is 0.795. The van der Waals surface area contributed by atoms with Crippen LogP contribution in [0.3, 0.4) is 0 Å². The van der Waals surface area contributed by atoms with Crippen molar-refractivity contribution < 1.29 is 9.52 Å². The quantitative estimate of drug-likeness (QED) is 0.545. The van der Waals surface area contributed by atoms with Crippen LogP contribution in [0.1, 0.15) is 49.5 Å². The van der Waals surface area contributed by atoms with Gasteiger partial charge in [-0.15, -0.1) is 0 Å². The van der Waals surface area contributed by atoms with Crippen molar-refractivity contribution in [3.05, 3.63) is 46.0 Å². The molecule has 1 saturated carbocycles. The molecule has 4 aromatic rings. The summed E-state index contributed by atoms with van der Waals surface area (Å²) in [6.45, 7) is 0. The number of aryl methyl sites for hydroxylation is 1. The van der Waals surface area contributed by atoms with E-state index in [-0.39, 0.29) is 11.6 Å². The van der Waals surface area contributed by atoms with Gasteiger partial charge in [0.15, 0.2) is 22.9 Å². The summed E-state index contributed by atoms with van der Waals surface area (Å²) in [6.07, 6.45) is 7.66. The first-order valence-corrected chi connectivity index (χ1v) is 10.9. The number of nitrogens with zero attached hydrogens (tertiary/aromatic N) is 5. The normalized spacial score (nSPS) is 16.4. The monoisotopic (exact) mass is 417 g/mol. The average molecular weight is 417 g/mol. The van der Waals surface area contributed by atoms with Gasteiger partial charge in [0, 0.05) is 18.8 Å². The SMILES string of the molecule is Cn1c(-c2nc3c(n2C2CCC2)CCCC3)nc(-c2nc3ccccc3o2)c(O)c1=O. The van der Waals surface area contributed by atoms with Crippen LogP contribution < -0.4 is 5.56 Å². The highest BCUT2D eigenvalue weighted by atomic mass is 16.4. The lowest BCUT2D eigenvalue weighted by molar-refractivity contribution is 0.307. The lowest BCUT2D eigenvalue weighted by Gasteiger charge is -2.31. The second-order valence-electron chi connectivity index (χ2n) is 8.47. The summed E-state index contributed by atoms with van der Waals surface area (Å²) in [6, 6.07) is 7.71. The molecule has 0 aliphatic heterocycles. The minimum absolute atomic E-state index is 0.0513. The van der Waals surface area contributed by atoms with E-state index in [1.807, 2.05) is 18.2 Å². The van der Waals surface area contributed by atoms with E-state index in [0.717, 1.165) is 44.2 Å². The van der Waals surface area contributed by atoms with Crippen LogP contribution in [-0.2, 0) is 19.9 Å². The third-order valence-corrected chi connectivity index (χ3v) is 6.57. The van der Waals surface area contributed by atoms with Crippen molar-refractivity contribution >= 4 is 11.1 Å². The maximum Gasteiger partial charge on any atom is 0.296 e. The molecule has 1 N–H and O–H groups in total. The minimum atomic E-state index is -0.539. The molecule has 1 aromatic carbocycles. The number of aromatic hydroxyl groups is 1. The summed E-state index contributed by atoms with van der Waals surface area (Å²) >= 11 is 0. The van der Waals surface area contributed by atoms with Crippen molar-refractivity contribution in [2.24, 2.45) is 7.05 Å². The fourth-order valence-electron chi connectivity index (χ4n) is 4.67. The number of aromatic nitrogens is 5. The van der Waals surface area contributed by atoms with Crippen LogP contribution in [0.4, 0.5) is 0 Å². The molecule has 8 nitrogen and oxygen atoms in total. The maximum absolute atomic E-state index is 12.9. The Bertz CT molecular complexity index is 1340. The van der Waals surface area contributed by atoms with Crippen LogP contribution >= 0.6 is 0 Å². The van der Waals surface area contributed by atoms with E-state index >= 15 is 0 Å². The highest BCUT2D eigenvalue weighted by molar-refractivity contribution is 5.76. The van der Waals surface area contributed by atoms with Crippen LogP contribution in [0.5, 0.6) is 5.75 Å². The number of para-hydroxylation sites is 2. The van der Waals surface area contributed by atoms with Crippen molar-refractivity contribution in [2.75, 3.05) is 0 Å². The molecule has 8 heteroatoms. The Hall–Kier alpha value is -3.42. The van der Waals surface area contributed by atoms with Crippen LogP contribution in [0.2, 0.25) is 0 Å². The van der Waals surface area contributed by atoms with Gasteiger partial charge in [0.25, 0.3) is 5.56 Å². The van der Waals surface area contributed by atoms with Gasteiger partial charge < -0.3 is 14.1 Å². The molecule has 0 unspecified atom stereocenters. The van der Waals surface area contributed by atoms with Crippen molar-refractivity contribution in [1.82, 2.24) is 24.1 Å². The molecule has 3 heterocycles. The van der Waals surface area contributed by atoms with Gasteiger partial charge in [-0.2, -0.15) is 0 Å². The van der Waals surface area contributed by atoms with E-state index in [0.29, 0.717) is 28.8 Å². The summed E-state index contributed by atoms with van der Waals surface area (Å²) in [5.41, 5.74) is 3.12. The van der Waals surface area contributed by atoms with Gasteiger partial charge >= 0.3 is 0 Å². The molecule has 158 valence electrons. The fourth-order valence-corrected chi connectivity index (χ4v) is 4.67. The lowest BCUT2D eigenvalue weighted by Crippen LogP contribution is -2.25. The van der Waals surface area contributed by atoms with Gasteiger partial charge in [-0.25, -0.2) is 15.0 Å². The zero-order valence-corrected chi connectivity index (χ0v) is 17.3. The molecule has 0 amide bonds. The van der Waals surface area contributed by atoms with E-state index in [9.17, 15) is 9.90 Å². The van der Waals surface area contributed by atoms with Gasteiger partial charge in [0.2, 0.25) is 11.6 Å². The van der Waals surface area contributed by atoms with Crippen molar-refractivity contribution in [3.63, 3.8) is 0 Å². The summed E-state index contributed by atoms with van der Waals surface area (Å²) < 4.78 is 9.48. The molecule has 6 rings (SSSR count). The first-order valence-electron chi connectivity index (χ1n) is 10.9. The molecule has 0 bridgehead atoms. The molecular formula is C23H23N5O3. The third kappa shape index (κ3) is 2.74. The van der Waals surface area contributed by atoms with Gasteiger partial charge in [-0.3, -0.25) is 9.36 Å². The zero-order chi connectivity index (χ0) is 21.1. The van der Waals surface area contributed by atoms with E-state index in [1.165, 1.54) is 16.7 Å². The van der Waals surface area contributed by atoms with Gasteiger partial charge in [-0.05, 0) is 57.1 Å². The van der Waals surface area contributed by atoms with E-state index in [1.54, 1.807) is 13.1 Å². The number of hydrogen-bond acceptors (Lipinski definition) is 6. The second-order valence-corrected chi connectivity index (χ2v) is 8.47. The molecule has 0 saturated heterocycles. The Balaban J connectivity index is 1.58. The number of hydrogen-bond donors (Lipinski definition) is 1. The third-order valence-electron chi connectivity index (χ3n) is 6.57. The number of rotatable bonds is 3. The standard InChI is InChI=1S/C23H23N5O3/c1-27-20(21-24-14-9-2-4-11-16(14)28(21)13-7-6-8-13)26-18(19(29)23(27)30)22-25-15-10-3-5-12-17(15)31-22/h3,5,10,12-13,29H,2,4,6-9,11H2,1H3. The number of benzene rings is 1. The van der Waals surface area contributed by atoms with Crippen LogP contribution in [-0.4, -0.2) is 29.2 Å². The summed E-state index contributed by atoms with van der Waals surface area (Å²) in [7, 11) is 1.62. The van der Waals surface area contributed by atoms with Crippen LogP contribution in [0, 0.1) is 0 Å². The maximum atomic E-state index is 12.9. The van der Waals surface area contributed by atoms with Gasteiger partial charge in [0.1, 0.15) is 5.52 Å². The zero-order valence-electron chi connectivity index (χ0n) is 17.3. The predicted molar refractivity (Wildman–Crippen MR) is 115 cm³/mol. The lowest BCUT2D eigenvalue weighted by atomic mass is 9.91. The number of fused-ring (bicyclic) bond motifs is 2. The van der Waals surface area contributed by atoms with E-state index < -0.39 is 11.3 Å². The topological polar surface area (TPSA) is 99.0 Å². The van der Waals surface area contributed by atoms with Gasteiger partial charge in [0.05, 0.1) is 5.69 Å². The fraction of sp³-hybridized carbons (Fsp3) is 0.391. The molecule has 1 fully saturated rings. The van der Waals surface area contributed by atoms with Crippen LogP contribution in [0.25, 0.3) is 34.3 Å². The Labute approximate surface area is 178 Å². The van der Waals surface area contributed by atoms with Crippen LogP contribution in [0.15, 0.2) is 33.5 Å². The van der Waals surface area contributed by atoms with E-state index in [4.69, 9.17) is 9.40 Å². The molecule has 0 radical (unpaired) electrons. The first-order chi connectivity index (χ1) is 15.1. The molecule has 0 spiro atoms. The molecule has 2 aliphatic rings. The number of imidazole rings is 1. The Morgan fingerprint density at radius 1 is 1.03 bits per heavy atom. The molecule has 3 aromatic heterocycles. The van der Waals surface area contributed by atoms with Crippen molar-refractivity contribution in [3.8, 4) is 29.0 Å². The second kappa shape index (κ2) is 6.80. The molecular weight excluding hydrogens is 394 g/mol. The molecule has 2 aliphatic carbocycles. The Kier molecular flexibility index (Phi) is 4.03. The average Bonchev–Trinajstić information content (AvgIpc) is 3.33. The highest BCUT2D eigenvalue weighted by Crippen LogP contribution is 2.39. The molecule has 0 atom stereocenters. The Morgan fingerprint density at radius 2 is 1.84 bits per heavy atom. The minimum Gasteiger partial charge on any atom is -0.501 e. The molecule has 31 heavy (non-hydrogen) atoms. The Morgan fingerprint density at radius 3 is 2.61 bits per heavy atom. The smallest absolute Gasteiger partial charge is 0.296 e. The van der Waals surface area contributed by atoms with E-state index in [2.05, 4.69) is 14.5 Å². The largest absolute Gasteiger partial charge is 0.501 e. The number of oxazole rings is 1. The van der Waals surface area contributed by atoms with Crippen molar-refractivity contribution in [1.29, 1.82) is 0 Å². The van der Waals surface area contributed by atoms with Crippen molar-refractivity contribution in [2.45, 2.75) is 51.0 Å². The van der Waals surface area contributed by atoms with Gasteiger partial charge in [-0.1, -0.05) is 12.1 Å². The first kappa shape index (κ1) is 18.4. The summed E-state index contributed by atoms with van der Waals surface area (Å²) in [4.78, 5) is 27.0. The summed E-state index contributed by atoms with van der Waals surface area (Å²) in [5, 5.41) is 10.6. The highest BCUT2D eigenvalue weighted by Gasteiger charge is 2.31. The predicted octanol–water partition coefficient (Wildman–Crippen LogP) is 3.76.